The van der Waals surface area contributed by atoms with Crippen LogP contribution in [0, 0.1) is 0 Å². The first-order chi connectivity index (χ1) is 4.20. The molecule has 0 saturated carbocycles. The Morgan fingerprint density at radius 1 is 1.89 bits per heavy atom. The normalized spacial score (nSPS) is 9.56. The Labute approximate surface area is 65.8 Å². The molecule has 1 heterocycles. The van der Waals surface area contributed by atoms with Gasteiger partial charge in [-0.3, -0.25) is 0 Å². The van der Waals surface area contributed by atoms with Crippen LogP contribution in [-0.4, -0.2) is 27.6 Å². The van der Waals surface area contributed by atoms with E-state index in [2.05, 4.69) is 4.98 Å². The van der Waals surface area contributed by atoms with Gasteiger partial charge >= 0.3 is 65.5 Å². The molecule has 1 aromatic rings. The van der Waals surface area contributed by atoms with E-state index in [9.17, 15) is 4.79 Å². The molecule has 2 nitrogen and oxygen atoms in total. The maximum absolute atomic E-state index is 10.6. The van der Waals surface area contributed by atoms with Crippen molar-refractivity contribution in [3.05, 3.63) is 11.1 Å². The summed E-state index contributed by atoms with van der Waals surface area (Å²) in [5.41, 5.74) is 0.597. The molecule has 0 aliphatic carbocycles. The summed E-state index contributed by atoms with van der Waals surface area (Å²) < 4.78 is 1.01. The monoisotopic (exact) mass is 203 g/mol. The molecule has 1 atom stereocenters. The second-order valence-electron chi connectivity index (χ2n) is 1.63. The van der Waals surface area contributed by atoms with Crippen LogP contribution in [0.1, 0.15) is 17.4 Å². The predicted molar refractivity (Wildman–Crippen MR) is 40.3 cm³/mol. The number of rotatable bonds is 1. The summed E-state index contributed by atoms with van der Waals surface area (Å²) in [6.07, 6.45) is 0. The molecular formula is C5H6AsNOS. The number of ketones is 1. The first kappa shape index (κ1) is 6.97. The molecule has 0 aromatic carbocycles. The SMILES string of the molecule is CC(=O)c1csc([AsH2])n1. The number of Topliss-reactive ketones (excluding diaryl/α,β-unsaturated/α-hetero) is 1. The summed E-state index contributed by atoms with van der Waals surface area (Å²) >= 11 is 2.99. The summed E-state index contributed by atoms with van der Waals surface area (Å²) in [6, 6.07) is 0. The molecule has 0 radical (unpaired) electrons. The molecule has 48 valence electrons. The van der Waals surface area contributed by atoms with Crippen LogP contribution in [0.15, 0.2) is 5.38 Å². The summed E-state index contributed by atoms with van der Waals surface area (Å²) in [4.78, 5) is 14.6. The van der Waals surface area contributed by atoms with Crippen LogP contribution in [0.5, 0.6) is 0 Å². The topological polar surface area (TPSA) is 30.0 Å². The summed E-state index contributed by atoms with van der Waals surface area (Å²) in [6.45, 7) is 1.53. The van der Waals surface area contributed by atoms with Gasteiger partial charge < -0.3 is 0 Å². The van der Waals surface area contributed by atoms with Gasteiger partial charge in [-0.15, -0.1) is 0 Å². The van der Waals surface area contributed by atoms with Crippen molar-refractivity contribution >= 4 is 37.8 Å². The fourth-order valence-corrected chi connectivity index (χ4v) is 1.77. The molecule has 0 bridgehead atoms. The summed E-state index contributed by atoms with van der Waals surface area (Å²) in [5, 5.41) is 1.79. The van der Waals surface area contributed by atoms with Crippen LogP contribution >= 0.6 is 11.3 Å². The van der Waals surface area contributed by atoms with Crippen molar-refractivity contribution in [1.82, 2.24) is 4.98 Å². The number of nitrogens with zero attached hydrogens (tertiary/aromatic N) is 1. The molecule has 0 N–H and O–H groups in total. The van der Waals surface area contributed by atoms with Gasteiger partial charge in [0.2, 0.25) is 0 Å². The zero-order valence-electron chi connectivity index (χ0n) is 4.92. The third kappa shape index (κ3) is 1.63. The summed E-state index contributed by atoms with van der Waals surface area (Å²) in [7, 11) is 0. The van der Waals surface area contributed by atoms with Crippen molar-refractivity contribution in [2.24, 2.45) is 0 Å². The second-order valence-corrected chi connectivity index (χ2v) is 4.54. The van der Waals surface area contributed by atoms with Gasteiger partial charge in [-0.2, -0.15) is 0 Å². The predicted octanol–water partition coefficient (Wildman–Crippen LogP) is -0.396. The molecule has 1 rings (SSSR count). The Morgan fingerprint density at radius 3 is 2.78 bits per heavy atom. The van der Waals surface area contributed by atoms with Gasteiger partial charge in [0.25, 0.3) is 0 Å². The Bertz CT molecular complexity index is 233. The van der Waals surface area contributed by atoms with Crippen LogP contribution in [-0.2, 0) is 0 Å². The zero-order valence-corrected chi connectivity index (χ0v) is 8.16. The molecule has 0 spiro atoms. The molecule has 0 amide bonds. The first-order valence-electron chi connectivity index (χ1n) is 2.42. The number of hydrogen-bond acceptors (Lipinski definition) is 3. The molecule has 1 aromatic heterocycles. The van der Waals surface area contributed by atoms with Crippen molar-refractivity contribution < 1.29 is 4.79 Å². The molecule has 0 aliphatic heterocycles. The van der Waals surface area contributed by atoms with E-state index in [0.717, 1.165) is 3.80 Å². The minimum absolute atomic E-state index is 0.0511. The number of aromatic nitrogens is 1. The van der Waals surface area contributed by atoms with Crippen LogP contribution in [0.4, 0.5) is 0 Å². The van der Waals surface area contributed by atoms with Crippen molar-refractivity contribution in [3.63, 3.8) is 0 Å². The zero-order chi connectivity index (χ0) is 6.85. The van der Waals surface area contributed by atoms with E-state index in [1.807, 2.05) is 0 Å². The molecule has 9 heavy (non-hydrogen) atoms. The van der Waals surface area contributed by atoms with Crippen LogP contribution in [0.2, 0.25) is 0 Å². The molecule has 4 heteroatoms. The van der Waals surface area contributed by atoms with Crippen molar-refractivity contribution in [1.29, 1.82) is 0 Å². The van der Waals surface area contributed by atoms with E-state index in [1.165, 1.54) is 35.1 Å². The third-order valence-corrected chi connectivity index (χ3v) is 2.68. The van der Waals surface area contributed by atoms with E-state index in [-0.39, 0.29) is 5.78 Å². The fourth-order valence-electron chi connectivity index (χ4n) is 0.449. The van der Waals surface area contributed by atoms with Gasteiger partial charge in [0.05, 0.1) is 0 Å². The van der Waals surface area contributed by atoms with Gasteiger partial charge in [0.1, 0.15) is 0 Å². The van der Waals surface area contributed by atoms with E-state index in [1.54, 1.807) is 5.38 Å². The maximum atomic E-state index is 10.6. The fraction of sp³-hybridized carbons (Fsp3) is 0.200. The van der Waals surface area contributed by atoms with Crippen molar-refractivity contribution in [2.75, 3.05) is 0 Å². The van der Waals surface area contributed by atoms with Crippen LogP contribution < -0.4 is 3.80 Å². The second kappa shape index (κ2) is 2.63. The number of carbonyl (C=O) groups is 1. The third-order valence-electron chi connectivity index (χ3n) is 0.883. The molecule has 0 saturated heterocycles. The van der Waals surface area contributed by atoms with Gasteiger partial charge in [-0.25, -0.2) is 0 Å². The first-order valence-corrected chi connectivity index (χ1v) is 4.51. The van der Waals surface area contributed by atoms with Gasteiger partial charge in [0, 0.05) is 0 Å². The number of carbonyl (C=O) groups excluding carboxylic acids is 1. The molecule has 0 aliphatic rings. The van der Waals surface area contributed by atoms with Gasteiger partial charge in [0.15, 0.2) is 0 Å². The van der Waals surface area contributed by atoms with Gasteiger partial charge in [-0.05, 0) is 0 Å². The summed E-state index contributed by atoms with van der Waals surface area (Å²) in [5.74, 6) is 0.0511. The van der Waals surface area contributed by atoms with E-state index >= 15 is 0 Å². The average Bonchev–Trinajstić information content (AvgIpc) is 2.14. The standard InChI is InChI=1S/C5H6AsNOS/c1-3(8)4-2-9-5(6)7-4/h2H,6H2,1H3. The van der Waals surface area contributed by atoms with Crippen molar-refractivity contribution in [2.45, 2.75) is 6.92 Å². The Morgan fingerprint density at radius 2 is 2.56 bits per heavy atom. The van der Waals surface area contributed by atoms with Crippen LogP contribution in [0.25, 0.3) is 0 Å². The van der Waals surface area contributed by atoms with E-state index in [4.69, 9.17) is 0 Å². The number of thiazole rings is 1. The Balaban J connectivity index is 2.98. The van der Waals surface area contributed by atoms with E-state index in [0.29, 0.717) is 5.69 Å². The van der Waals surface area contributed by atoms with Crippen LogP contribution in [0.3, 0.4) is 0 Å². The van der Waals surface area contributed by atoms with Crippen molar-refractivity contribution in [3.8, 4) is 0 Å². The molecule has 0 fully saturated rings. The Hall–Kier alpha value is -0.142. The molecule has 1 unspecified atom stereocenters. The quantitative estimate of drug-likeness (QED) is 0.459. The van der Waals surface area contributed by atoms with Gasteiger partial charge in [-0.1, -0.05) is 0 Å². The van der Waals surface area contributed by atoms with E-state index < -0.39 is 0 Å². The molecular weight excluding hydrogens is 197 g/mol. The Kier molecular flexibility index (Phi) is 2.04. The minimum atomic E-state index is 0.0511. The average molecular weight is 203 g/mol. The number of hydrogen-bond donors (Lipinski definition) is 0.